The molecule has 0 radical (unpaired) electrons. The Morgan fingerprint density at radius 1 is 0.839 bits per heavy atom. The highest BCUT2D eigenvalue weighted by Crippen LogP contribution is 2.34. The Morgan fingerprint density at radius 2 is 1.52 bits per heavy atom. The molecule has 0 aliphatic carbocycles. The van der Waals surface area contributed by atoms with E-state index in [4.69, 9.17) is 4.74 Å². The van der Waals surface area contributed by atoms with E-state index in [0.717, 1.165) is 23.4 Å². The summed E-state index contributed by atoms with van der Waals surface area (Å²) in [4.78, 5) is 28.0. The second-order valence-electron chi connectivity index (χ2n) is 7.40. The smallest absolute Gasteiger partial charge is 0.282 e. The molecule has 0 unspecified atom stereocenters. The second kappa shape index (κ2) is 8.88. The molecular formula is C26H24N2O3. The molecule has 1 aliphatic heterocycles. The van der Waals surface area contributed by atoms with Gasteiger partial charge in [0.15, 0.2) is 0 Å². The number of rotatable bonds is 7. The van der Waals surface area contributed by atoms with E-state index in [9.17, 15) is 9.59 Å². The van der Waals surface area contributed by atoms with Crippen molar-refractivity contribution in [1.82, 2.24) is 0 Å². The zero-order valence-electron chi connectivity index (χ0n) is 17.6. The number of imide groups is 1. The molecule has 0 saturated heterocycles. The Hall–Kier alpha value is -3.86. The molecular weight excluding hydrogens is 388 g/mol. The van der Waals surface area contributed by atoms with Crippen molar-refractivity contribution in [1.29, 1.82) is 0 Å². The lowest BCUT2D eigenvalue weighted by Crippen LogP contribution is -2.32. The van der Waals surface area contributed by atoms with E-state index in [-0.39, 0.29) is 17.5 Å². The molecule has 0 saturated carbocycles. The van der Waals surface area contributed by atoms with Crippen LogP contribution in [0.2, 0.25) is 0 Å². The number of hydrogen-bond donors (Lipinski definition) is 1. The summed E-state index contributed by atoms with van der Waals surface area (Å²) in [7, 11) is 0. The van der Waals surface area contributed by atoms with Crippen molar-refractivity contribution in [3.63, 3.8) is 0 Å². The summed E-state index contributed by atoms with van der Waals surface area (Å²) in [5.74, 6) is 0.00413. The molecule has 0 atom stereocenters. The monoisotopic (exact) mass is 412 g/mol. The predicted octanol–water partition coefficient (Wildman–Crippen LogP) is 5.18. The highest BCUT2D eigenvalue weighted by atomic mass is 16.5. The van der Waals surface area contributed by atoms with Crippen LogP contribution in [0.1, 0.15) is 24.5 Å². The van der Waals surface area contributed by atoms with Crippen molar-refractivity contribution in [3.05, 3.63) is 95.7 Å². The van der Waals surface area contributed by atoms with Crippen LogP contribution in [0.25, 0.3) is 5.57 Å². The molecule has 5 nitrogen and oxygen atoms in total. The second-order valence-corrected chi connectivity index (χ2v) is 7.40. The molecule has 0 bridgehead atoms. The van der Waals surface area contributed by atoms with Crippen molar-refractivity contribution in [2.75, 3.05) is 16.8 Å². The van der Waals surface area contributed by atoms with Crippen LogP contribution in [0.5, 0.6) is 5.75 Å². The molecule has 1 N–H and O–H groups in total. The van der Waals surface area contributed by atoms with Gasteiger partial charge in [0.25, 0.3) is 11.8 Å². The van der Waals surface area contributed by atoms with Crippen molar-refractivity contribution in [2.24, 2.45) is 0 Å². The summed E-state index contributed by atoms with van der Waals surface area (Å²) in [6, 6.07) is 24.0. The van der Waals surface area contributed by atoms with Gasteiger partial charge in [-0.15, -0.1) is 0 Å². The number of carbonyl (C=O) groups excluding carboxylic acids is 2. The zero-order valence-corrected chi connectivity index (χ0v) is 17.6. The van der Waals surface area contributed by atoms with Gasteiger partial charge in [-0.25, -0.2) is 4.90 Å². The van der Waals surface area contributed by atoms with Crippen LogP contribution in [-0.2, 0) is 9.59 Å². The number of amides is 2. The average Bonchev–Trinajstić information content (AvgIpc) is 3.03. The minimum Gasteiger partial charge on any atom is -0.494 e. The van der Waals surface area contributed by atoms with Crippen molar-refractivity contribution < 1.29 is 14.3 Å². The molecule has 3 aromatic carbocycles. The van der Waals surface area contributed by atoms with Crippen LogP contribution in [0.4, 0.5) is 11.4 Å². The summed E-state index contributed by atoms with van der Waals surface area (Å²) in [6.07, 6.45) is 0.913. The lowest BCUT2D eigenvalue weighted by atomic mass is 10.0. The van der Waals surface area contributed by atoms with Gasteiger partial charge in [0, 0.05) is 5.69 Å². The molecule has 1 heterocycles. The molecule has 156 valence electrons. The summed E-state index contributed by atoms with van der Waals surface area (Å²) in [5, 5.41) is 3.17. The van der Waals surface area contributed by atoms with Gasteiger partial charge >= 0.3 is 0 Å². The van der Waals surface area contributed by atoms with E-state index in [0.29, 0.717) is 23.4 Å². The fraction of sp³-hybridized carbons (Fsp3) is 0.154. The normalized spacial score (nSPS) is 13.7. The summed E-state index contributed by atoms with van der Waals surface area (Å²) < 4.78 is 5.65. The first kappa shape index (κ1) is 20.4. The van der Waals surface area contributed by atoms with Gasteiger partial charge in [0.2, 0.25) is 0 Å². The number of aryl methyl sites for hydroxylation is 1. The van der Waals surface area contributed by atoms with E-state index in [2.05, 4.69) is 5.32 Å². The lowest BCUT2D eigenvalue weighted by Gasteiger charge is -2.15. The van der Waals surface area contributed by atoms with Gasteiger partial charge in [-0.1, -0.05) is 55.0 Å². The molecule has 1 aliphatic rings. The molecule has 31 heavy (non-hydrogen) atoms. The van der Waals surface area contributed by atoms with Gasteiger partial charge in [0.05, 0.1) is 17.9 Å². The minimum absolute atomic E-state index is 0.263. The van der Waals surface area contributed by atoms with Crippen LogP contribution in [0.3, 0.4) is 0 Å². The summed E-state index contributed by atoms with van der Waals surface area (Å²) in [5.41, 5.74) is 3.61. The van der Waals surface area contributed by atoms with Crippen molar-refractivity contribution in [3.8, 4) is 5.75 Å². The van der Waals surface area contributed by atoms with E-state index in [1.807, 2.05) is 80.6 Å². The maximum absolute atomic E-state index is 13.4. The highest BCUT2D eigenvalue weighted by Gasteiger charge is 2.40. The fourth-order valence-electron chi connectivity index (χ4n) is 3.45. The van der Waals surface area contributed by atoms with Gasteiger partial charge in [-0.05, 0) is 55.3 Å². The van der Waals surface area contributed by atoms with E-state index in [1.165, 1.54) is 4.90 Å². The number of nitrogens with one attached hydrogen (secondary N) is 1. The maximum Gasteiger partial charge on any atom is 0.282 e. The predicted molar refractivity (Wildman–Crippen MR) is 123 cm³/mol. The Kier molecular flexibility index (Phi) is 5.85. The van der Waals surface area contributed by atoms with Crippen LogP contribution in [-0.4, -0.2) is 18.4 Å². The third-order valence-corrected chi connectivity index (χ3v) is 5.04. The van der Waals surface area contributed by atoms with Crippen LogP contribution < -0.4 is 15.0 Å². The van der Waals surface area contributed by atoms with Gasteiger partial charge in [-0.3, -0.25) is 9.59 Å². The minimum atomic E-state index is -0.376. The zero-order chi connectivity index (χ0) is 21.8. The largest absolute Gasteiger partial charge is 0.494 e. The third kappa shape index (κ3) is 4.21. The first-order chi connectivity index (χ1) is 15.1. The van der Waals surface area contributed by atoms with E-state index < -0.39 is 0 Å². The first-order valence-electron chi connectivity index (χ1n) is 10.3. The van der Waals surface area contributed by atoms with Gasteiger partial charge < -0.3 is 10.1 Å². The number of nitrogens with zero attached hydrogens (tertiary/aromatic N) is 1. The number of ether oxygens (including phenoxy) is 1. The molecule has 3 aromatic rings. The van der Waals surface area contributed by atoms with E-state index >= 15 is 0 Å². The van der Waals surface area contributed by atoms with Crippen molar-refractivity contribution in [2.45, 2.75) is 20.3 Å². The van der Waals surface area contributed by atoms with Crippen molar-refractivity contribution >= 4 is 28.8 Å². The highest BCUT2D eigenvalue weighted by molar-refractivity contribution is 6.46. The number of carbonyl (C=O) groups is 2. The quantitative estimate of drug-likeness (QED) is 0.543. The summed E-state index contributed by atoms with van der Waals surface area (Å²) in [6.45, 7) is 4.64. The number of anilines is 2. The molecule has 0 aromatic heterocycles. The average molecular weight is 412 g/mol. The standard InChI is InChI=1S/C26H24N2O3/c1-3-17-31-22-15-11-19(12-16-22)23-24(27-20-7-5-4-6-8-20)26(30)28(25(23)29)21-13-9-18(2)10-14-21/h4-16,27H,3,17H2,1-2H3. The van der Waals surface area contributed by atoms with Crippen LogP contribution in [0.15, 0.2) is 84.6 Å². The Balaban J connectivity index is 1.75. The first-order valence-corrected chi connectivity index (χ1v) is 10.3. The van der Waals surface area contributed by atoms with E-state index in [1.54, 1.807) is 12.1 Å². The summed E-state index contributed by atoms with van der Waals surface area (Å²) >= 11 is 0. The van der Waals surface area contributed by atoms with Gasteiger partial charge in [0.1, 0.15) is 11.4 Å². The van der Waals surface area contributed by atoms with Gasteiger partial charge in [-0.2, -0.15) is 0 Å². The molecule has 5 heteroatoms. The lowest BCUT2D eigenvalue weighted by molar-refractivity contribution is -0.120. The van der Waals surface area contributed by atoms with Crippen LogP contribution in [0, 0.1) is 6.92 Å². The van der Waals surface area contributed by atoms with Crippen LogP contribution >= 0.6 is 0 Å². The molecule has 0 spiro atoms. The number of para-hydroxylation sites is 1. The Morgan fingerprint density at radius 3 is 2.16 bits per heavy atom. The third-order valence-electron chi connectivity index (χ3n) is 5.04. The Labute approximate surface area is 182 Å². The Bertz CT molecular complexity index is 1120. The fourth-order valence-corrected chi connectivity index (χ4v) is 3.45. The molecule has 2 amide bonds. The maximum atomic E-state index is 13.4. The SMILES string of the molecule is CCCOc1ccc(C2=C(Nc3ccccc3)C(=O)N(c3ccc(C)cc3)C2=O)cc1. The number of benzene rings is 3. The molecule has 4 rings (SSSR count). The molecule has 0 fully saturated rings. The number of hydrogen-bond acceptors (Lipinski definition) is 4. The topological polar surface area (TPSA) is 58.6 Å².